The summed E-state index contributed by atoms with van der Waals surface area (Å²) in [6.07, 6.45) is 3.76. The van der Waals surface area contributed by atoms with Gasteiger partial charge in [-0.05, 0) is 18.1 Å². The lowest BCUT2D eigenvalue weighted by atomic mass is 10.2. The standard InChI is InChI=1S/C21H25N5O3S2/c1-2-17(20-23-14-19(24-20)15-6-4-3-5-7-15)25-21(27)18-12-16(13-22-18)31(28,29)26-8-10-30-11-9-26/h3-7,12-14,17,22H,2,8-11H2,1H3,(H,23,24)(H,25,27). The van der Waals surface area contributed by atoms with Gasteiger partial charge < -0.3 is 15.3 Å². The Morgan fingerprint density at radius 2 is 2.00 bits per heavy atom. The molecule has 1 aliphatic heterocycles. The normalized spacial score (nSPS) is 16.2. The summed E-state index contributed by atoms with van der Waals surface area (Å²) in [5.41, 5.74) is 2.09. The van der Waals surface area contributed by atoms with E-state index in [1.54, 1.807) is 18.0 Å². The number of benzene rings is 1. The van der Waals surface area contributed by atoms with Gasteiger partial charge in [0.1, 0.15) is 16.4 Å². The number of sulfonamides is 1. The molecule has 4 rings (SSSR count). The largest absolute Gasteiger partial charge is 0.356 e. The van der Waals surface area contributed by atoms with Crippen molar-refractivity contribution in [3.8, 4) is 11.3 Å². The molecule has 0 radical (unpaired) electrons. The highest BCUT2D eigenvalue weighted by Crippen LogP contribution is 2.23. The van der Waals surface area contributed by atoms with E-state index >= 15 is 0 Å². The van der Waals surface area contributed by atoms with Crippen LogP contribution in [-0.2, 0) is 10.0 Å². The molecule has 1 fully saturated rings. The van der Waals surface area contributed by atoms with Gasteiger partial charge >= 0.3 is 0 Å². The van der Waals surface area contributed by atoms with Crippen LogP contribution < -0.4 is 5.32 Å². The first-order chi connectivity index (χ1) is 15.0. The molecule has 0 saturated carbocycles. The van der Waals surface area contributed by atoms with E-state index in [9.17, 15) is 13.2 Å². The number of rotatable bonds is 7. The molecule has 1 aliphatic rings. The highest BCUT2D eigenvalue weighted by molar-refractivity contribution is 7.99. The minimum atomic E-state index is -3.60. The summed E-state index contributed by atoms with van der Waals surface area (Å²) in [5.74, 6) is 1.84. The van der Waals surface area contributed by atoms with E-state index in [1.165, 1.54) is 16.6 Å². The molecule has 3 N–H and O–H groups in total. The minimum absolute atomic E-state index is 0.113. The summed E-state index contributed by atoms with van der Waals surface area (Å²) in [6, 6.07) is 10.9. The Morgan fingerprint density at radius 3 is 2.71 bits per heavy atom. The maximum Gasteiger partial charge on any atom is 0.268 e. The van der Waals surface area contributed by atoms with E-state index in [1.807, 2.05) is 37.3 Å². The van der Waals surface area contributed by atoms with Crippen molar-refractivity contribution < 1.29 is 13.2 Å². The summed E-state index contributed by atoms with van der Waals surface area (Å²) in [6.45, 7) is 2.92. The van der Waals surface area contributed by atoms with Gasteiger partial charge in [0.25, 0.3) is 5.91 Å². The molecule has 0 spiro atoms. The van der Waals surface area contributed by atoms with Crippen LogP contribution in [0.1, 0.15) is 35.7 Å². The van der Waals surface area contributed by atoms with Crippen LogP contribution in [0.5, 0.6) is 0 Å². The summed E-state index contributed by atoms with van der Waals surface area (Å²) in [4.78, 5) is 23.4. The van der Waals surface area contributed by atoms with Gasteiger partial charge in [-0.15, -0.1) is 0 Å². The van der Waals surface area contributed by atoms with E-state index in [0.717, 1.165) is 22.8 Å². The van der Waals surface area contributed by atoms with E-state index < -0.39 is 10.0 Å². The van der Waals surface area contributed by atoms with Crippen LogP contribution in [0.4, 0.5) is 0 Å². The molecule has 3 aromatic rings. The summed E-state index contributed by atoms with van der Waals surface area (Å²) in [5, 5.41) is 2.93. The zero-order valence-electron chi connectivity index (χ0n) is 17.2. The Morgan fingerprint density at radius 1 is 1.26 bits per heavy atom. The summed E-state index contributed by atoms with van der Waals surface area (Å²) < 4.78 is 27.1. The molecule has 2 aromatic heterocycles. The summed E-state index contributed by atoms with van der Waals surface area (Å²) >= 11 is 1.74. The fraction of sp³-hybridized carbons (Fsp3) is 0.333. The molecule has 1 unspecified atom stereocenters. The molecular formula is C21H25N5O3S2. The highest BCUT2D eigenvalue weighted by Gasteiger charge is 2.28. The molecule has 0 aliphatic carbocycles. The Bertz CT molecular complexity index is 1130. The monoisotopic (exact) mass is 459 g/mol. The van der Waals surface area contributed by atoms with E-state index in [0.29, 0.717) is 25.3 Å². The molecule has 0 bridgehead atoms. The van der Waals surface area contributed by atoms with Crippen molar-refractivity contribution in [2.75, 3.05) is 24.6 Å². The van der Waals surface area contributed by atoms with Crippen molar-refractivity contribution in [1.82, 2.24) is 24.6 Å². The number of aromatic nitrogens is 3. The van der Waals surface area contributed by atoms with Crippen molar-refractivity contribution in [3.63, 3.8) is 0 Å². The van der Waals surface area contributed by atoms with Gasteiger partial charge in [0.15, 0.2) is 0 Å². The predicted molar refractivity (Wildman–Crippen MR) is 121 cm³/mol. The lowest BCUT2D eigenvalue weighted by Crippen LogP contribution is -2.37. The molecule has 1 amide bonds. The van der Waals surface area contributed by atoms with Gasteiger partial charge in [0, 0.05) is 30.8 Å². The Kier molecular flexibility index (Phi) is 6.49. The number of thioether (sulfide) groups is 1. The number of hydrogen-bond donors (Lipinski definition) is 3. The van der Waals surface area contributed by atoms with Crippen LogP contribution in [0.3, 0.4) is 0 Å². The van der Waals surface area contributed by atoms with Gasteiger partial charge in [-0.25, -0.2) is 13.4 Å². The topological polar surface area (TPSA) is 111 Å². The van der Waals surface area contributed by atoms with Gasteiger partial charge in [0.2, 0.25) is 10.0 Å². The van der Waals surface area contributed by atoms with Gasteiger partial charge in [-0.3, -0.25) is 4.79 Å². The van der Waals surface area contributed by atoms with E-state index in [4.69, 9.17) is 0 Å². The lowest BCUT2D eigenvalue weighted by molar-refractivity contribution is 0.0929. The van der Waals surface area contributed by atoms with E-state index in [2.05, 4.69) is 20.3 Å². The molecule has 1 saturated heterocycles. The average Bonchev–Trinajstić information content (AvgIpc) is 3.49. The fourth-order valence-corrected chi connectivity index (χ4v) is 6.04. The molecule has 164 valence electrons. The predicted octanol–water partition coefficient (Wildman–Crippen LogP) is 3.02. The quantitative estimate of drug-likeness (QED) is 0.503. The van der Waals surface area contributed by atoms with Crippen LogP contribution in [-0.4, -0.2) is 58.2 Å². The molecule has 10 heteroatoms. The zero-order chi connectivity index (χ0) is 21.8. The van der Waals surface area contributed by atoms with Gasteiger partial charge in [0.05, 0.1) is 17.9 Å². The Balaban J connectivity index is 1.47. The minimum Gasteiger partial charge on any atom is -0.356 e. The molecule has 1 atom stereocenters. The lowest BCUT2D eigenvalue weighted by Gasteiger charge is -2.24. The number of hydrogen-bond acceptors (Lipinski definition) is 5. The van der Waals surface area contributed by atoms with Crippen LogP contribution in [0.25, 0.3) is 11.3 Å². The number of carbonyl (C=O) groups excluding carboxylic acids is 1. The van der Waals surface area contributed by atoms with Crippen LogP contribution >= 0.6 is 11.8 Å². The molecule has 3 heterocycles. The first-order valence-electron chi connectivity index (χ1n) is 10.2. The van der Waals surface area contributed by atoms with Crippen LogP contribution in [0, 0.1) is 0 Å². The zero-order valence-corrected chi connectivity index (χ0v) is 18.8. The van der Waals surface area contributed by atoms with Crippen molar-refractivity contribution >= 4 is 27.7 Å². The van der Waals surface area contributed by atoms with Gasteiger partial charge in [-0.1, -0.05) is 37.3 Å². The number of nitrogens with one attached hydrogen (secondary N) is 3. The second kappa shape index (κ2) is 9.29. The smallest absolute Gasteiger partial charge is 0.268 e. The Hall–Kier alpha value is -2.56. The third kappa shape index (κ3) is 4.70. The number of nitrogens with zero attached hydrogens (tertiary/aromatic N) is 2. The molecule has 8 nitrogen and oxygen atoms in total. The van der Waals surface area contributed by atoms with Crippen LogP contribution in [0.15, 0.2) is 53.7 Å². The molecule has 31 heavy (non-hydrogen) atoms. The van der Waals surface area contributed by atoms with Crippen molar-refractivity contribution in [2.45, 2.75) is 24.3 Å². The average molecular weight is 460 g/mol. The first kappa shape index (κ1) is 21.7. The third-order valence-corrected chi connectivity index (χ3v) is 8.05. The molecule has 1 aromatic carbocycles. The Labute approximate surface area is 185 Å². The van der Waals surface area contributed by atoms with Crippen molar-refractivity contribution in [1.29, 1.82) is 0 Å². The number of H-pyrrole nitrogens is 2. The number of amides is 1. The SMILES string of the molecule is CCC(NC(=O)c1cc(S(=O)(=O)N2CCSCC2)c[nH]1)c1ncc(-c2ccccc2)[nH]1. The van der Waals surface area contributed by atoms with Gasteiger partial charge in [-0.2, -0.15) is 16.1 Å². The summed E-state index contributed by atoms with van der Waals surface area (Å²) in [7, 11) is -3.60. The maximum absolute atomic E-state index is 12.8. The third-order valence-electron chi connectivity index (χ3n) is 5.23. The van der Waals surface area contributed by atoms with Crippen LogP contribution in [0.2, 0.25) is 0 Å². The highest BCUT2D eigenvalue weighted by atomic mass is 32.2. The van der Waals surface area contributed by atoms with E-state index in [-0.39, 0.29) is 22.5 Å². The molecular weight excluding hydrogens is 434 g/mol. The second-order valence-corrected chi connectivity index (χ2v) is 10.4. The second-order valence-electron chi connectivity index (χ2n) is 7.25. The van der Waals surface area contributed by atoms with Crippen molar-refractivity contribution in [2.24, 2.45) is 0 Å². The number of aromatic amines is 2. The fourth-order valence-electron chi connectivity index (χ4n) is 3.47. The first-order valence-corrected chi connectivity index (χ1v) is 12.8. The number of carbonyl (C=O) groups is 1. The maximum atomic E-state index is 12.8. The number of imidazole rings is 1. The van der Waals surface area contributed by atoms with Crippen molar-refractivity contribution in [3.05, 3.63) is 60.3 Å².